The van der Waals surface area contributed by atoms with E-state index >= 15 is 0 Å². The number of aryl methyl sites for hydroxylation is 1. The molecule has 2 unspecified atom stereocenters. The predicted octanol–water partition coefficient (Wildman–Crippen LogP) is 3.82. The van der Waals surface area contributed by atoms with E-state index in [1.165, 1.54) is 49.0 Å². The number of hydrogen-bond donors (Lipinski definition) is 1. The Hall–Kier alpha value is -0.670. The van der Waals surface area contributed by atoms with Crippen LogP contribution >= 0.6 is 11.8 Å². The highest BCUT2D eigenvalue weighted by Crippen LogP contribution is 2.31. The molecule has 2 atom stereocenters. The number of thioether (sulfide) groups is 1. The van der Waals surface area contributed by atoms with Crippen molar-refractivity contribution in [3.8, 4) is 5.75 Å². The zero-order valence-corrected chi connectivity index (χ0v) is 13.9. The molecule has 0 radical (unpaired) electrons. The van der Waals surface area contributed by atoms with Crippen LogP contribution < -0.4 is 10.1 Å². The minimum absolute atomic E-state index is 0.682. The Morgan fingerprint density at radius 2 is 2.38 bits per heavy atom. The lowest BCUT2D eigenvalue weighted by Gasteiger charge is -2.24. The molecule has 116 valence electrons. The molecule has 2 nitrogen and oxygen atoms in total. The molecule has 1 saturated heterocycles. The van der Waals surface area contributed by atoms with Crippen molar-refractivity contribution in [1.29, 1.82) is 0 Å². The number of hydrogen-bond acceptors (Lipinski definition) is 3. The summed E-state index contributed by atoms with van der Waals surface area (Å²) in [5.41, 5.74) is 2.88. The summed E-state index contributed by atoms with van der Waals surface area (Å²) in [5, 5.41) is 4.62. The van der Waals surface area contributed by atoms with Crippen LogP contribution in [0.4, 0.5) is 0 Å². The molecule has 2 aliphatic heterocycles. The fourth-order valence-electron chi connectivity index (χ4n) is 3.39. The second kappa shape index (κ2) is 7.55. The van der Waals surface area contributed by atoms with Gasteiger partial charge in [0.15, 0.2) is 0 Å². The lowest BCUT2D eigenvalue weighted by Crippen LogP contribution is -2.38. The second-order valence-electron chi connectivity index (χ2n) is 6.19. The predicted molar refractivity (Wildman–Crippen MR) is 91.5 cm³/mol. The highest BCUT2D eigenvalue weighted by molar-refractivity contribution is 8.00. The van der Waals surface area contributed by atoms with Gasteiger partial charge in [0.25, 0.3) is 0 Å². The van der Waals surface area contributed by atoms with Crippen LogP contribution in [0.15, 0.2) is 18.2 Å². The summed E-state index contributed by atoms with van der Waals surface area (Å²) in [4.78, 5) is 0. The van der Waals surface area contributed by atoms with E-state index < -0.39 is 0 Å². The van der Waals surface area contributed by atoms with Gasteiger partial charge in [-0.1, -0.05) is 19.1 Å². The fraction of sp³-hybridized carbons (Fsp3) is 0.667. The Morgan fingerprint density at radius 1 is 1.43 bits per heavy atom. The summed E-state index contributed by atoms with van der Waals surface area (Å²) in [5.74, 6) is 2.45. The molecule has 3 heteroatoms. The van der Waals surface area contributed by atoms with Gasteiger partial charge in [0.05, 0.1) is 6.61 Å². The molecule has 1 N–H and O–H groups in total. The van der Waals surface area contributed by atoms with Crippen LogP contribution in [0.25, 0.3) is 0 Å². The van der Waals surface area contributed by atoms with Crippen molar-refractivity contribution in [2.75, 3.05) is 18.9 Å². The smallest absolute Gasteiger partial charge is 0.122 e. The molecule has 2 heterocycles. The van der Waals surface area contributed by atoms with Gasteiger partial charge in [0, 0.05) is 17.7 Å². The van der Waals surface area contributed by atoms with Crippen LogP contribution in [0, 0.1) is 0 Å². The highest BCUT2D eigenvalue weighted by Gasteiger charge is 2.25. The molecule has 0 aromatic heterocycles. The van der Waals surface area contributed by atoms with Crippen LogP contribution in [0.3, 0.4) is 0 Å². The minimum atomic E-state index is 0.682. The Kier molecular flexibility index (Phi) is 5.48. The second-order valence-corrected chi connectivity index (χ2v) is 7.54. The van der Waals surface area contributed by atoms with Gasteiger partial charge in [-0.05, 0) is 61.6 Å². The van der Waals surface area contributed by atoms with Gasteiger partial charge < -0.3 is 10.1 Å². The molecule has 0 spiro atoms. The standard InChI is InChI=1S/C18H27NOS/c1-2-10-19-16(18-4-3-12-21-18)7-5-14-6-8-17-15(13-14)9-11-20-17/h6,8,13,16,18-19H,2-5,7,9-12H2,1H3. The van der Waals surface area contributed by atoms with E-state index in [1.807, 2.05) is 0 Å². The maximum absolute atomic E-state index is 5.60. The van der Waals surface area contributed by atoms with Gasteiger partial charge in [0.1, 0.15) is 5.75 Å². The normalized spacial score (nSPS) is 22.0. The molecular formula is C18H27NOS. The minimum Gasteiger partial charge on any atom is -0.493 e. The van der Waals surface area contributed by atoms with Crippen LogP contribution in [0.5, 0.6) is 5.75 Å². The molecule has 1 aromatic rings. The SMILES string of the molecule is CCCNC(CCc1ccc2c(c1)CCO2)C1CCCS1. The summed E-state index contributed by atoms with van der Waals surface area (Å²) in [6.07, 6.45) is 7.55. The molecule has 21 heavy (non-hydrogen) atoms. The monoisotopic (exact) mass is 305 g/mol. The van der Waals surface area contributed by atoms with Crippen molar-refractivity contribution in [2.24, 2.45) is 0 Å². The number of nitrogens with one attached hydrogen (secondary N) is 1. The average Bonchev–Trinajstić information content (AvgIpc) is 3.18. The third-order valence-corrected chi connectivity index (χ3v) is 6.08. The number of benzene rings is 1. The zero-order valence-electron chi connectivity index (χ0n) is 13.1. The molecule has 0 amide bonds. The first-order valence-electron chi connectivity index (χ1n) is 8.46. The van der Waals surface area contributed by atoms with Crippen LogP contribution in [0.1, 0.15) is 43.7 Å². The number of fused-ring (bicyclic) bond motifs is 1. The van der Waals surface area contributed by atoms with Crippen LogP contribution in [-0.4, -0.2) is 30.2 Å². The van der Waals surface area contributed by atoms with E-state index in [0.717, 1.165) is 30.6 Å². The van der Waals surface area contributed by atoms with Gasteiger partial charge in [-0.15, -0.1) is 0 Å². The lowest BCUT2D eigenvalue weighted by molar-refractivity contribution is 0.357. The summed E-state index contributed by atoms with van der Waals surface area (Å²) in [6, 6.07) is 7.46. The first-order chi connectivity index (χ1) is 10.4. The van der Waals surface area contributed by atoms with Crippen molar-refractivity contribution < 1.29 is 4.74 Å². The van der Waals surface area contributed by atoms with E-state index in [1.54, 1.807) is 0 Å². The third kappa shape index (κ3) is 3.95. The first-order valence-corrected chi connectivity index (χ1v) is 9.51. The lowest BCUT2D eigenvalue weighted by atomic mass is 9.99. The molecule has 1 aromatic carbocycles. The Morgan fingerprint density at radius 3 is 3.19 bits per heavy atom. The van der Waals surface area contributed by atoms with Gasteiger partial charge in [-0.3, -0.25) is 0 Å². The Balaban J connectivity index is 1.57. The third-order valence-electron chi connectivity index (χ3n) is 4.57. The summed E-state index contributed by atoms with van der Waals surface area (Å²) in [6.45, 7) is 4.27. The molecule has 2 aliphatic rings. The molecule has 0 bridgehead atoms. The fourth-order valence-corrected chi connectivity index (χ4v) is 4.82. The maximum Gasteiger partial charge on any atom is 0.122 e. The Bertz CT molecular complexity index is 457. The van der Waals surface area contributed by atoms with Gasteiger partial charge in [-0.25, -0.2) is 0 Å². The summed E-state index contributed by atoms with van der Waals surface area (Å²) >= 11 is 2.17. The quantitative estimate of drug-likeness (QED) is 0.827. The maximum atomic E-state index is 5.60. The first kappa shape index (κ1) is 15.2. The van der Waals surface area contributed by atoms with E-state index in [2.05, 4.69) is 42.2 Å². The number of rotatable bonds is 7. The molecule has 3 rings (SSSR count). The van der Waals surface area contributed by atoms with Crippen LogP contribution in [-0.2, 0) is 12.8 Å². The van der Waals surface area contributed by atoms with E-state index in [-0.39, 0.29) is 0 Å². The molecule has 1 fully saturated rings. The Labute approximate surface area is 133 Å². The summed E-state index contributed by atoms with van der Waals surface area (Å²) in [7, 11) is 0. The molecular weight excluding hydrogens is 278 g/mol. The largest absolute Gasteiger partial charge is 0.493 e. The van der Waals surface area contributed by atoms with Crippen molar-refractivity contribution in [3.63, 3.8) is 0 Å². The highest BCUT2D eigenvalue weighted by atomic mass is 32.2. The average molecular weight is 305 g/mol. The number of ether oxygens (including phenoxy) is 1. The topological polar surface area (TPSA) is 21.3 Å². The molecule has 0 aliphatic carbocycles. The zero-order chi connectivity index (χ0) is 14.5. The van der Waals surface area contributed by atoms with E-state index in [0.29, 0.717) is 6.04 Å². The van der Waals surface area contributed by atoms with E-state index in [4.69, 9.17) is 4.74 Å². The van der Waals surface area contributed by atoms with Crippen molar-refractivity contribution in [3.05, 3.63) is 29.3 Å². The van der Waals surface area contributed by atoms with Gasteiger partial charge in [-0.2, -0.15) is 11.8 Å². The van der Waals surface area contributed by atoms with Crippen molar-refractivity contribution in [2.45, 2.75) is 56.7 Å². The van der Waals surface area contributed by atoms with Crippen LogP contribution in [0.2, 0.25) is 0 Å². The van der Waals surface area contributed by atoms with E-state index in [9.17, 15) is 0 Å². The van der Waals surface area contributed by atoms with Crippen molar-refractivity contribution in [1.82, 2.24) is 5.32 Å². The molecule has 0 saturated carbocycles. The summed E-state index contributed by atoms with van der Waals surface area (Å²) < 4.78 is 5.60. The van der Waals surface area contributed by atoms with Gasteiger partial charge >= 0.3 is 0 Å². The van der Waals surface area contributed by atoms with Gasteiger partial charge in [0.2, 0.25) is 0 Å². The van der Waals surface area contributed by atoms with Crippen molar-refractivity contribution >= 4 is 11.8 Å².